The van der Waals surface area contributed by atoms with E-state index in [1.807, 2.05) is 0 Å². The van der Waals surface area contributed by atoms with E-state index < -0.39 is 46.1 Å². The second-order valence-corrected chi connectivity index (χ2v) is 15.0. The van der Waals surface area contributed by atoms with Crippen molar-refractivity contribution >= 4 is 54.6 Å². The molecule has 0 amide bonds. The Morgan fingerprint density at radius 1 is 0.703 bits per heavy atom. The summed E-state index contributed by atoms with van der Waals surface area (Å²) in [7, 11) is 0. The van der Waals surface area contributed by atoms with E-state index >= 15 is 0 Å². The number of nitrogens with zero attached hydrogens (tertiary/aromatic N) is 14. The standard InChI is InChI=1S/C13H15N5O3.C13H14N5O3.C7H9O2.C6H5N5O.ClH/c2*1-13(2,3)21-11(19)6-8-17-12(20)18(16-15-17)10-5-4-7-14-9-10;1-5-6(8)9-7(2,3)4;12-6-8-9-10-11(6)5-2-1-3-7-4-5;/h4-9H,1-3H3;4-6,8-9H,1-3H3;2-4H3;1-4H,(H,8,10,12);1H/q;2*+1;;/b8-6-;8-6+;;;. The summed E-state index contributed by atoms with van der Waals surface area (Å²) in [6.07, 6.45) is 24.4. The van der Waals surface area contributed by atoms with Gasteiger partial charge in [0.05, 0.1) is 29.8 Å². The first-order valence-corrected chi connectivity index (χ1v) is 18.3. The van der Waals surface area contributed by atoms with Crippen LogP contribution in [0.25, 0.3) is 29.5 Å². The number of ether oxygens (including phenoxy) is 3. The Bertz CT molecular complexity index is 2690. The molecule has 0 bridgehead atoms. The molecular weight excluding hydrogens is 858 g/mol. The van der Waals surface area contributed by atoms with Crippen LogP contribution in [0.3, 0.4) is 0 Å². The molecule has 0 unspecified atom stereocenters. The molecule has 5 aromatic heterocycles. The van der Waals surface area contributed by atoms with Crippen LogP contribution in [0.15, 0.2) is 98.9 Å². The molecule has 6 rings (SSSR count). The number of hydrogen-bond donors (Lipinski definition) is 1. The van der Waals surface area contributed by atoms with Crippen LogP contribution in [0.4, 0.5) is 0 Å². The van der Waals surface area contributed by atoms with Gasteiger partial charge in [-0.2, -0.15) is 18.7 Å². The van der Waals surface area contributed by atoms with Gasteiger partial charge in [-0.25, -0.2) is 29.1 Å². The number of halogens is 1. The summed E-state index contributed by atoms with van der Waals surface area (Å²) >= 11 is 0. The van der Waals surface area contributed by atoms with Crippen LogP contribution in [0.2, 0.25) is 0 Å². The minimum absolute atomic E-state index is 0. The summed E-state index contributed by atoms with van der Waals surface area (Å²) in [6.45, 7) is 15.7. The Morgan fingerprint density at radius 2 is 1.19 bits per heavy atom. The second-order valence-electron chi connectivity index (χ2n) is 15.0. The summed E-state index contributed by atoms with van der Waals surface area (Å²) in [5.74, 6) is -0.244. The number of pyridine rings is 2. The molecule has 334 valence electrons. The SMILES string of the molecule is CC(C)(C)OC(=O)/C=C/n1nnn(C2=CN=[C+]C=C2)c1=O.CC(C)(C)OC(=O)/C=C\n1nnn(-c2cccnc2)c1=O.Cl.O=c1[nH]nnn1-c1cccnc1.[C+]#CC(=O)OC(C)(C)C. The van der Waals surface area contributed by atoms with Crippen molar-refractivity contribution in [3.8, 4) is 17.3 Å². The first-order chi connectivity index (χ1) is 29.6. The van der Waals surface area contributed by atoms with E-state index in [0.717, 1.165) is 35.6 Å². The van der Waals surface area contributed by atoms with Crippen LogP contribution in [-0.2, 0) is 28.6 Å². The molecule has 1 aliphatic rings. The summed E-state index contributed by atoms with van der Waals surface area (Å²) in [5.41, 5.74) is -1.58. The van der Waals surface area contributed by atoms with E-state index in [4.69, 9.17) is 15.9 Å². The minimum atomic E-state index is -0.720. The maximum atomic E-state index is 12.0. The molecule has 0 fully saturated rings. The monoisotopic (exact) mass is 901 g/mol. The van der Waals surface area contributed by atoms with Gasteiger partial charge in [0.15, 0.2) is 12.4 Å². The van der Waals surface area contributed by atoms with Gasteiger partial charge in [0.1, 0.15) is 17.3 Å². The van der Waals surface area contributed by atoms with Gasteiger partial charge in [-0.15, -0.1) is 17.1 Å². The molecule has 0 saturated carbocycles. The number of carbonyl (C=O) groups excluding carboxylic acids is 3. The van der Waals surface area contributed by atoms with E-state index in [2.05, 4.69) is 62.3 Å². The fourth-order valence-electron chi connectivity index (χ4n) is 4.02. The van der Waals surface area contributed by atoms with E-state index in [-0.39, 0.29) is 18.1 Å². The molecule has 24 nitrogen and oxygen atoms in total. The number of H-pyrrole nitrogens is 1. The van der Waals surface area contributed by atoms with Gasteiger partial charge in [0.25, 0.3) is 0 Å². The fourth-order valence-corrected chi connectivity index (χ4v) is 4.02. The Balaban J connectivity index is 0.000000307. The number of aromatic amines is 1. The first kappa shape index (κ1) is 52.1. The number of aliphatic imine (C=N–C) groups is 1. The van der Waals surface area contributed by atoms with Crippen LogP contribution in [0, 0.1) is 12.3 Å². The molecule has 0 radical (unpaired) electrons. The van der Waals surface area contributed by atoms with Gasteiger partial charge < -0.3 is 9.47 Å². The summed E-state index contributed by atoms with van der Waals surface area (Å²) in [5, 5.41) is 23.8. The van der Waals surface area contributed by atoms with Gasteiger partial charge >= 0.3 is 83.2 Å². The van der Waals surface area contributed by atoms with Crippen molar-refractivity contribution in [1.82, 2.24) is 69.8 Å². The molecule has 1 aliphatic heterocycles. The van der Waals surface area contributed by atoms with E-state index in [9.17, 15) is 28.8 Å². The van der Waals surface area contributed by atoms with E-state index in [1.165, 1.54) is 31.0 Å². The van der Waals surface area contributed by atoms with Crippen LogP contribution in [0.5, 0.6) is 0 Å². The van der Waals surface area contributed by atoms with Crippen LogP contribution >= 0.6 is 12.4 Å². The summed E-state index contributed by atoms with van der Waals surface area (Å²) in [6, 6.07) is 6.79. The predicted molar refractivity (Wildman–Crippen MR) is 231 cm³/mol. The molecule has 0 saturated heterocycles. The van der Waals surface area contributed by atoms with Gasteiger partial charge in [0.2, 0.25) is 5.70 Å². The van der Waals surface area contributed by atoms with E-state index in [0.29, 0.717) is 17.1 Å². The number of esters is 3. The Morgan fingerprint density at radius 3 is 1.58 bits per heavy atom. The summed E-state index contributed by atoms with van der Waals surface area (Å²) < 4.78 is 20.0. The number of rotatable bonds is 7. The third kappa shape index (κ3) is 18.3. The fraction of sp³-hybridized carbons (Fsp3) is 0.308. The number of nitrogens with one attached hydrogen (secondary N) is 1. The first-order valence-electron chi connectivity index (χ1n) is 18.3. The number of allylic oxidation sites excluding steroid dienone is 3. The molecule has 0 aliphatic carbocycles. The normalized spacial score (nSPS) is 11.8. The van der Waals surface area contributed by atoms with Crippen molar-refractivity contribution in [1.29, 1.82) is 0 Å². The van der Waals surface area contributed by atoms with Crippen LogP contribution < -0.4 is 17.1 Å². The average molecular weight is 902 g/mol. The number of tetrazole rings is 3. The van der Waals surface area contributed by atoms with Gasteiger partial charge in [-0.3, -0.25) is 9.97 Å². The molecular formula is C39H44ClN15O9+2. The van der Waals surface area contributed by atoms with Gasteiger partial charge in [-0.1, -0.05) is 4.99 Å². The van der Waals surface area contributed by atoms with Gasteiger partial charge in [0, 0.05) is 36.9 Å². The predicted octanol–water partition coefficient (Wildman–Crippen LogP) is 1.89. The van der Waals surface area contributed by atoms with Crippen LogP contribution in [-0.4, -0.2) is 111 Å². The zero-order chi connectivity index (χ0) is 46.8. The van der Waals surface area contributed by atoms with Crippen LogP contribution in [0.1, 0.15) is 62.3 Å². The number of carbonyl (C=O) groups is 3. The molecule has 5 aromatic rings. The molecule has 0 atom stereocenters. The Kier molecular flexibility index (Phi) is 19.4. The molecule has 0 aromatic carbocycles. The zero-order valence-electron chi connectivity index (χ0n) is 36.0. The third-order valence-corrected chi connectivity index (χ3v) is 6.32. The van der Waals surface area contributed by atoms with Crippen molar-refractivity contribution in [2.45, 2.75) is 79.1 Å². The Hall–Kier alpha value is -8.07. The maximum absolute atomic E-state index is 12.0. The van der Waals surface area contributed by atoms with E-state index in [1.54, 1.807) is 117 Å². The molecule has 0 spiro atoms. The Labute approximate surface area is 371 Å². The molecule has 6 heterocycles. The average Bonchev–Trinajstić information content (AvgIpc) is 3.93. The molecule has 64 heavy (non-hydrogen) atoms. The van der Waals surface area contributed by atoms with Crippen molar-refractivity contribution in [2.24, 2.45) is 4.99 Å². The van der Waals surface area contributed by atoms with Crippen molar-refractivity contribution < 1.29 is 28.6 Å². The zero-order valence-corrected chi connectivity index (χ0v) is 36.8. The molecule has 1 N–H and O–H groups in total. The summed E-state index contributed by atoms with van der Waals surface area (Å²) in [4.78, 5) is 79.9. The van der Waals surface area contributed by atoms with Gasteiger partial charge in [-0.05, 0) is 97.1 Å². The quantitative estimate of drug-likeness (QED) is 0.0802. The van der Waals surface area contributed by atoms with Crippen molar-refractivity contribution in [2.75, 3.05) is 0 Å². The third-order valence-electron chi connectivity index (χ3n) is 6.32. The van der Waals surface area contributed by atoms with Crippen molar-refractivity contribution in [3.63, 3.8) is 0 Å². The molecule has 25 heteroatoms. The topological polar surface area (TPSA) is 286 Å². The van der Waals surface area contributed by atoms with Crippen molar-refractivity contribution in [3.05, 3.63) is 117 Å². The number of hydrogen-bond acceptors (Lipinski definition) is 18. The number of aromatic nitrogens is 14. The second kappa shape index (κ2) is 23.8.